The Balaban J connectivity index is 3.22. The molecule has 0 aliphatic rings. The van der Waals surface area contributed by atoms with Gasteiger partial charge in [-0.05, 0) is 31.5 Å². The third-order valence-corrected chi connectivity index (χ3v) is 2.23. The van der Waals surface area contributed by atoms with Crippen LogP contribution in [0.2, 0.25) is 0 Å². The maximum Gasteiger partial charge on any atom is 0.192 e. The molecule has 0 aromatic heterocycles. The molecular formula is C9H11IO2. The van der Waals surface area contributed by atoms with Crippen LogP contribution in [0, 0.1) is 13.8 Å². The standard InChI is InChI=1S/C9H11IO2/c1-6-4-8(11-3)7(2)9(5-6)12-10/h4-5H,1-3H3. The largest absolute Gasteiger partial charge is 0.496 e. The Labute approximate surface area is 86.6 Å². The number of benzene rings is 1. The quantitative estimate of drug-likeness (QED) is 0.774. The van der Waals surface area contributed by atoms with Crippen molar-refractivity contribution in [1.82, 2.24) is 0 Å². The summed E-state index contributed by atoms with van der Waals surface area (Å²) < 4.78 is 10.3. The number of rotatable bonds is 2. The van der Waals surface area contributed by atoms with E-state index in [4.69, 9.17) is 7.80 Å². The van der Waals surface area contributed by atoms with Crippen LogP contribution in [0.25, 0.3) is 0 Å². The van der Waals surface area contributed by atoms with Crippen LogP contribution < -0.4 is 7.80 Å². The van der Waals surface area contributed by atoms with Crippen LogP contribution in [0.5, 0.6) is 11.5 Å². The minimum atomic E-state index is 0.868. The molecule has 0 atom stereocenters. The van der Waals surface area contributed by atoms with Crippen LogP contribution >= 0.6 is 23.0 Å². The van der Waals surface area contributed by atoms with E-state index >= 15 is 0 Å². The lowest BCUT2D eigenvalue weighted by atomic mass is 10.1. The lowest BCUT2D eigenvalue weighted by Crippen LogP contribution is -1.90. The van der Waals surface area contributed by atoms with Crippen molar-refractivity contribution in [1.29, 1.82) is 0 Å². The predicted octanol–water partition coefficient (Wildman–Crippen LogP) is 3.04. The second-order valence-electron chi connectivity index (χ2n) is 2.67. The molecule has 3 heteroatoms. The van der Waals surface area contributed by atoms with E-state index in [2.05, 4.69) is 0 Å². The summed E-state index contributed by atoms with van der Waals surface area (Å²) in [6.07, 6.45) is 0. The van der Waals surface area contributed by atoms with E-state index in [0.29, 0.717) is 0 Å². The fourth-order valence-electron chi connectivity index (χ4n) is 1.09. The van der Waals surface area contributed by atoms with E-state index in [0.717, 1.165) is 22.6 Å². The molecule has 66 valence electrons. The van der Waals surface area contributed by atoms with Gasteiger partial charge in [0, 0.05) is 5.56 Å². The molecule has 0 amide bonds. The molecule has 0 unspecified atom stereocenters. The van der Waals surface area contributed by atoms with Crippen LogP contribution in [-0.2, 0) is 0 Å². The lowest BCUT2D eigenvalue weighted by molar-refractivity contribution is 0.409. The van der Waals surface area contributed by atoms with E-state index < -0.39 is 0 Å². The van der Waals surface area contributed by atoms with Crippen LogP contribution in [0.1, 0.15) is 11.1 Å². The highest BCUT2D eigenvalue weighted by molar-refractivity contribution is 14.1. The van der Waals surface area contributed by atoms with Crippen molar-refractivity contribution in [2.24, 2.45) is 0 Å². The Hall–Kier alpha value is -0.450. The maximum atomic E-state index is 5.18. The summed E-state index contributed by atoms with van der Waals surface area (Å²) in [4.78, 5) is 0. The molecule has 0 aliphatic heterocycles. The van der Waals surface area contributed by atoms with Crippen molar-refractivity contribution < 1.29 is 7.80 Å². The third kappa shape index (κ3) is 1.83. The number of methoxy groups -OCH3 is 1. The van der Waals surface area contributed by atoms with Gasteiger partial charge in [0.1, 0.15) is 11.5 Å². The van der Waals surface area contributed by atoms with E-state index in [1.54, 1.807) is 7.11 Å². The predicted molar refractivity (Wildman–Crippen MR) is 57.1 cm³/mol. The second kappa shape index (κ2) is 3.98. The Kier molecular flexibility index (Phi) is 3.20. The van der Waals surface area contributed by atoms with Gasteiger partial charge < -0.3 is 7.80 Å². The highest BCUT2D eigenvalue weighted by atomic mass is 127. The molecule has 1 aromatic carbocycles. The topological polar surface area (TPSA) is 18.5 Å². The zero-order valence-electron chi connectivity index (χ0n) is 7.35. The lowest BCUT2D eigenvalue weighted by Gasteiger charge is -2.09. The molecule has 0 bridgehead atoms. The number of halogens is 1. The van der Waals surface area contributed by atoms with Crippen molar-refractivity contribution in [3.63, 3.8) is 0 Å². The fourth-order valence-corrected chi connectivity index (χ4v) is 1.54. The number of ether oxygens (including phenoxy) is 1. The highest BCUT2D eigenvalue weighted by Gasteiger charge is 2.05. The van der Waals surface area contributed by atoms with Crippen molar-refractivity contribution in [2.45, 2.75) is 13.8 Å². The van der Waals surface area contributed by atoms with Crippen molar-refractivity contribution >= 4 is 23.0 Å². The highest BCUT2D eigenvalue weighted by Crippen LogP contribution is 2.30. The molecule has 12 heavy (non-hydrogen) atoms. The van der Waals surface area contributed by atoms with Gasteiger partial charge in [0.25, 0.3) is 0 Å². The van der Waals surface area contributed by atoms with Gasteiger partial charge in [-0.15, -0.1) is 0 Å². The van der Waals surface area contributed by atoms with Crippen LogP contribution in [0.4, 0.5) is 0 Å². The van der Waals surface area contributed by atoms with Gasteiger partial charge in [-0.25, -0.2) is 0 Å². The SMILES string of the molecule is COc1cc(C)cc(OI)c1C. The summed E-state index contributed by atoms with van der Waals surface area (Å²) in [6.45, 7) is 3.99. The summed E-state index contributed by atoms with van der Waals surface area (Å²) in [7, 11) is 1.67. The number of hydrogen-bond donors (Lipinski definition) is 0. The van der Waals surface area contributed by atoms with Crippen LogP contribution in [0.15, 0.2) is 12.1 Å². The molecule has 0 aliphatic carbocycles. The first-order valence-electron chi connectivity index (χ1n) is 3.63. The van der Waals surface area contributed by atoms with Crippen molar-refractivity contribution in [2.75, 3.05) is 7.11 Å². The van der Waals surface area contributed by atoms with Gasteiger partial charge in [-0.2, -0.15) is 0 Å². The fraction of sp³-hybridized carbons (Fsp3) is 0.333. The van der Waals surface area contributed by atoms with Gasteiger partial charge in [-0.3, -0.25) is 0 Å². The van der Waals surface area contributed by atoms with Crippen LogP contribution in [0.3, 0.4) is 0 Å². The van der Waals surface area contributed by atoms with Gasteiger partial charge in [0.05, 0.1) is 7.11 Å². The molecule has 1 rings (SSSR count). The number of aryl methyl sites for hydroxylation is 1. The van der Waals surface area contributed by atoms with Gasteiger partial charge in [-0.1, -0.05) is 0 Å². The van der Waals surface area contributed by atoms with Gasteiger partial charge in [0.2, 0.25) is 0 Å². The zero-order valence-corrected chi connectivity index (χ0v) is 9.51. The molecule has 0 N–H and O–H groups in total. The first-order valence-corrected chi connectivity index (χ1v) is 4.51. The summed E-state index contributed by atoms with van der Waals surface area (Å²) >= 11 is 1.87. The Morgan fingerprint density at radius 2 is 1.75 bits per heavy atom. The molecule has 1 aromatic rings. The Morgan fingerprint density at radius 3 is 2.25 bits per heavy atom. The summed E-state index contributed by atoms with van der Waals surface area (Å²) in [5.41, 5.74) is 2.18. The molecule has 0 radical (unpaired) electrons. The smallest absolute Gasteiger partial charge is 0.192 e. The molecular weight excluding hydrogens is 267 g/mol. The Bertz CT molecular complexity index is 259. The average Bonchev–Trinajstić information content (AvgIpc) is 2.08. The minimum Gasteiger partial charge on any atom is -0.496 e. The molecule has 0 spiro atoms. The molecule has 0 fully saturated rings. The maximum absolute atomic E-state index is 5.18. The van der Waals surface area contributed by atoms with Crippen molar-refractivity contribution in [3.8, 4) is 11.5 Å². The summed E-state index contributed by atoms with van der Waals surface area (Å²) in [5, 5.41) is 0. The van der Waals surface area contributed by atoms with E-state index in [1.807, 2.05) is 49.0 Å². The zero-order chi connectivity index (χ0) is 9.14. The monoisotopic (exact) mass is 278 g/mol. The van der Waals surface area contributed by atoms with E-state index in [1.165, 1.54) is 0 Å². The molecule has 0 saturated heterocycles. The van der Waals surface area contributed by atoms with Crippen molar-refractivity contribution in [3.05, 3.63) is 23.3 Å². The molecule has 0 heterocycles. The van der Waals surface area contributed by atoms with Gasteiger partial charge in [0.15, 0.2) is 23.0 Å². The summed E-state index contributed by atoms with van der Waals surface area (Å²) in [6, 6.07) is 3.98. The first kappa shape index (κ1) is 9.64. The first-order chi connectivity index (χ1) is 5.69. The van der Waals surface area contributed by atoms with Crippen LogP contribution in [-0.4, -0.2) is 7.11 Å². The third-order valence-electron chi connectivity index (χ3n) is 1.76. The molecule has 0 saturated carbocycles. The van der Waals surface area contributed by atoms with E-state index in [9.17, 15) is 0 Å². The minimum absolute atomic E-state index is 0.868. The van der Waals surface area contributed by atoms with Gasteiger partial charge >= 0.3 is 0 Å². The normalized spacial score (nSPS) is 9.67. The summed E-state index contributed by atoms with van der Waals surface area (Å²) in [5.74, 6) is 1.74. The van der Waals surface area contributed by atoms with E-state index in [-0.39, 0.29) is 0 Å². The average molecular weight is 278 g/mol. The molecule has 2 nitrogen and oxygen atoms in total. The number of hydrogen-bond acceptors (Lipinski definition) is 2. The Morgan fingerprint density at radius 1 is 1.17 bits per heavy atom. The second-order valence-corrected chi connectivity index (χ2v) is 3.11.